The molecule has 1 aromatic carbocycles. The number of fused-ring (bicyclic) bond motifs is 1. The van der Waals surface area contributed by atoms with Crippen LogP contribution in [0, 0.1) is 22.8 Å². The van der Waals surface area contributed by atoms with Gasteiger partial charge in [0.2, 0.25) is 5.96 Å². The quantitative estimate of drug-likeness (QED) is 0.323. The molecule has 0 saturated heterocycles. The number of hydrogen-bond donors (Lipinski definition) is 5. The van der Waals surface area contributed by atoms with Gasteiger partial charge < -0.3 is 21.9 Å². The first-order valence-corrected chi connectivity index (χ1v) is 9.39. The van der Waals surface area contributed by atoms with Crippen molar-refractivity contribution < 1.29 is 5.11 Å². The Morgan fingerprint density at radius 2 is 1.97 bits per heavy atom. The average molecular weight is 455 g/mol. The van der Waals surface area contributed by atoms with Crippen molar-refractivity contribution in [2.45, 2.75) is 32.2 Å². The second-order valence-corrected chi connectivity index (χ2v) is 8.40. The van der Waals surface area contributed by atoms with Gasteiger partial charge in [-0.05, 0) is 39.0 Å². The monoisotopic (exact) mass is 454 g/mol. The molecule has 0 saturated carbocycles. The summed E-state index contributed by atoms with van der Waals surface area (Å²) in [5.74, 6) is 0.318. The summed E-state index contributed by atoms with van der Waals surface area (Å²) in [5, 5.41) is 34.5. The first-order valence-electron chi connectivity index (χ1n) is 8.60. The predicted octanol–water partition coefficient (Wildman–Crippen LogP) is 2.82. The maximum Gasteiger partial charge on any atom is 0.211 e. The van der Waals surface area contributed by atoms with Gasteiger partial charge in [-0.15, -0.1) is 0 Å². The molecule has 3 rings (SSSR count). The van der Waals surface area contributed by atoms with E-state index in [2.05, 4.69) is 36.5 Å². The maximum atomic E-state index is 10.8. The summed E-state index contributed by atoms with van der Waals surface area (Å²) in [5.41, 5.74) is 13.8. The highest BCUT2D eigenvalue weighted by Gasteiger charge is 2.32. The predicted molar refractivity (Wildman–Crippen MR) is 114 cm³/mol. The largest absolute Gasteiger partial charge is 0.506 e. The van der Waals surface area contributed by atoms with Gasteiger partial charge in [0.15, 0.2) is 6.19 Å². The van der Waals surface area contributed by atoms with Gasteiger partial charge in [-0.3, -0.25) is 5.32 Å². The fraction of sp³-hybridized carbons (Fsp3) is 0.263. The topological polar surface area (TPSA) is 169 Å². The number of rotatable bonds is 1. The van der Waals surface area contributed by atoms with Gasteiger partial charge in [-0.2, -0.15) is 10.5 Å². The summed E-state index contributed by atoms with van der Waals surface area (Å²) in [6, 6.07) is 4.80. The van der Waals surface area contributed by atoms with E-state index < -0.39 is 6.04 Å². The lowest BCUT2D eigenvalue weighted by atomic mass is 9.84. The third kappa shape index (κ3) is 3.50. The number of aromatic hydroxyl groups is 1. The van der Waals surface area contributed by atoms with E-state index in [-0.39, 0.29) is 40.0 Å². The minimum absolute atomic E-state index is 0.0226. The number of aliphatic imine (C=N–C) groups is 1. The Labute approximate surface area is 176 Å². The van der Waals surface area contributed by atoms with Crippen molar-refractivity contribution in [3.8, 4) is 18.0 Å². The molecule has 2 heterocycles. The molecule has 0 fully saturated rings. The molecule has 0 aliphatic carbocycles. The number of pyridine rings is 1. The highest BCUT2D eigenvalue weighted by atomic mass is 79.9. The molecule has 148 valence electrons. The molecule has 0 spiro atoms. The summed E-state index contributed by atoms with van der Waals surface area (Å²) >= 11 is 3.40. The minimum atomic E-state index is -0.819. The van der Waals surface area contributed by atoms with E-state index in [1.165, 1.54) is 0 Å². The van der Waals surface area contributed by atoms with E-state index in [9.17, 15) is 10.4 Å². The molecule has 1 aliphatic heterocycles. The highest BCUT2D eigenvalue weighted by molar-refractivity contribution is 9.10. The zero-order valence-corrected chi connectivity index (χ0v) is 17.6. The first kappa shape index (κ1) is 20.2. The number of benzene rings is 1. The van der Waals surface area contributed by atoms with Crippen molar-refractivity contribution in [3.05, 3.63) is 38.9 Å². The average Bonchev–Trinajstić information content (AvgIpc) is 2.62. The molecule has 7 N–H and O–H groups in total. The minimum Gasteiger partial charge on any atom is -0.506 e. The van der Waals surface area contributed by atoms with Gasteiger partial charge in [0.25, 0.3) is 0 Å². The number of nitrogens with one attached hydrogen (secondary N) is 2. The second kappa shape index (κ2) is 7.15. The smallest absolute Gasteiger partial charge is 0.211 e. The Balaban J connectivity index is 2.34. The number of guanidine groups is 1. The Morgan fingerprint density at radius 1 is 1.28 bits per heavy atom. The van der Waals surface area contributed by atoms with Crippen LogP contribution < -0.4 is 22.1 Å². The van der Waals surface area contributed by atoms with E-state index >= 15 is 0 Å². The van der Waals surface area contributed by atoms with E-state index in [1.807, 2.05) is 39.0 Å². The van der Waals surface area contributed by atoms with E-state index in [0.717, 1.165) is 5.56 Å². The van der Waals surface area contributed by atoms with Crippen LogP contribution in [0.25, 0.3) is 0 Å². The van der Waals surface area contributed by atoms with Crippen molar-refractivity contribution in [2.75, 3.05) is 16.8 Å². The number of phenols is 1. The van der Waals surface area contributed by atoms with E-state index in [1.54, 1.807) is 6.19 Å². The maximum absolute atomic E-state index is 10.8. The Kier molecular flexibility index (Phi) is 4.99. The second-order valence-electron chi connectivity index (χ2n) is 7.55. The number of nitrogens with zero attached hydrogens (tertiary/aromatic N) is 4. The van der Waals surface area contributed by atoms with Crippen molar-refractivity contribution in [1.82, 2.24) is 10.3 Å². The third-order valence-electron chi connectivity index (χ3n) is 4.61. The summed E-state index contributed by atoms with van der Waals surface area (Å²) in [7, 11) is 0. The van der Waals surface area contributed by atoms with Crippen LogP contribution in [-0.2, 0) is 5.41 Å². The summed E-state index contributed by atoms with van der Waals surface area (Å²) < 4.78 is 0.493. The molecule has 1 aromatic heterocycles. The molecular weight excluding hydrogens is 436 g/mol. The fourth-order valence-corrected chi connectivity index (χ4v) is 3.54. The lowest BCUT2D eigenvalue weighted by molar-refractivity contribution is 0.460. The van der Waals surface area contributed by atoms with Gasteiger partial charge in [0.1, 0.15) is 35.1 Å². The molecule has 9 nitrogen and oxygen atoms in total. The van der Waals surface area contributed by atoms with E-state index in [4.69, 9.17) is 16.7 Å². The number of nitriles is 2. The Hall–Kier alpha value is -3.50. The first-order chi connectivity index (χ1) is 13.6. The molecule has 1 atom stereocenters. The molecule has 0 radical (unpaired) electrons. The van der Waals surface area contributed by atoms with E-state index in [0.29, 0.717) is 15.6 Å². The van der Waals surface area contributed by atoms with Crippen molar-refractivity contribution >= 4 is 39.2 Å². The number of phenolic OH excluding ortho intramolecular Hbond substituents is 1. The Morgan fingerprint density at radius 3 is 2.55 bits per heavy atom. The lowest BCUT2D eigenvalue weighted by Gasteiger charge is -2.28. The van der Waals surface area contributed by atoms with Crippen LogP contribution in [0.2, 0.25) is 0 Å². The van der Waals surface area contributed by atoms with Crippen molar-refractivity contribution in [2.24, 2.45) is 4.99 Å². The zero-order valence-electron chi connectivity index (χ0n) is 16.0. The van der Waals surface area contributed by atoms with Crippen LogP contribution >= 0.6 is 15.9 Å². The Bertz CT molecular complexity index is 1120. The van der Waals surface area contributed by atoms with Crippen molar-refractivity contribution in [1.29, 1.82) is 10.5 Å². The lowest BCUT2D eigenvalue weighted by Crippen LogP contribution is -2.33. The molecule has 1 unspecified atom stereocenters. The van der Waals surface area contributed by atoms with Crippen LogP contribution in [-0.4, -0.2) is 16.1 Å². The van der Waals surface area contributed by atoms with Gasteiger partial charge in [-0.1, -0.05) is 20.8 Å². The molecule has 10 heteroatoms. The molecule has 29 heavy (non-hydrogen) atoms. The third-order valence-corrected chi connectivity index (χ3v) is 5.22. The highest BCUT2D eigenvalue weighted by Crippen LogP contribution is 2.46. The number of nitrogens with two attached hydrogens (primary N) is 2. The molecule has 2 aromatic rings. The molecular formula is C19H19BrN8O. The number of aromatic nitrogens is 1. The number of nitrogen functional groups attached to an aromatic ring is 2. The fourth-order valence-electron chi connectivity index (χ4n) is 3.07. The molecule has 0 bridgehead atoms. The van der Waals surface area contributed by atoms with Gasteiger partial charge in [0, 0.05) is 11.1 Å². The number of halogens is 1. The standard InChI is InChI=1S/C19H19BrN8O/c1-19(2,3)8-4-9(15(29)11(20)5-8)14-12-13(23)10(6-21)16(24)27-17(12)28-18(26-14)25-7-22/h4-5,14,29H,1-3H3,(H6,23,24,25,26,27,28). The van der Waals surface area contributed by atoms with Crippen LogP contribution in [0.1, 0.15) is 49.1 Å². The summed E-state index contributed by atoms with van der Waals surface area (Å²) in [6.07, 6.45) is 1.80. The summed E-state index contributed by atoms with van der Waals surface area (Å²) in [6.45, 7) is 6.13. The van der Waals surface area contributed by atoms with Crippen LogP contribution in [0.4, 0.5) is 17.3 Å². The molecule has 0 amide bonds. The van der Waals surface area contributed by atoms with Gasteiger partial charge in [-0.25, -0.2) is 9.98 Å². The van der Waals surface area contributed by atoms with Crippen molar-refractivity contribution in [3.63, 3.8) is 0 Å². The van der Waals surface area contributed by atoms with Crippen LogP contribution in [0.15, 0.2) is 21.6 Å². The van der Waals surface area contributed by atoms with Crippen LogP contribution in [0.5, 0.6) is 5.75 Å². The number of hydrogen-bond acceptors (Lipinski definition) is 9. The van der Waals surface area contributed by atoms with Crippen LogP contribution in [0.3, 0.4) is 0 Å². The van der Waals surface area contributed by atoms with Gasteiger partial charge in [0.05, 0.1) is 10.2 Å². The summed E-state index contributed by atoms with van der Waals surface area (Å²) in [4.78, 5) is 8.71. The normalized spacial score (nSPS) is 15.4. The SMILES string of the molecule is CC(C)(C)c1cc(Br)c(O)c(C2N=C(NC#N)Nc3nc(N)c(C#N)c(N)c32)c1. The zero-order chi connectivity index (χ0) is 21.5. The van der Waals surface area contributed by atoms with Gasteiger partial charge >= 0.3 is 0 Å². The number of anilines is 3. The molecule has 1 aliphatic rings.